The highest BCUT2D eigenvalue weighted by atomic mass is 32.2. The van der Waals surface area contributed by atoms with Crippen LogP contribution in [-0.2, 0) is 20.1 Å². The minimum atomic E-state index is -0.601. The highest BCUT2D eigenvalue weighted by molar-refractivity contribution is 7.99. The molecule has 0 aliphatic carbocycles. The van der Waals surface area contributed by atoms with Crippen molar-refractivity contribution in [3.05, 3.63) is 29.3 Å². The summed E-state index contributed by atoms with van der Waals surface area (Å²) in [5.41, 5.74) is 0.989. The van der Waals surface area contributed by atoms with E-state index in [-0.39, 0.29) is 17.6 Å². The van der Waals surface area contributed by atoms with Gasteiger partial charge in [-0.3, -0.25) is 4.79 Å². The van der Waals surface area contributed by atoms with Gasteiger partial charge in [0.05, 0.1) is 23.1 Å². The fourth-order valence-electron chi connectivity index (χ4n) is 2.05. The number of hydrogen-bond donors (Lipinski definition) is 1. The van der Waals surface area contributed by atoms with Crippen molar-refractivity contribution in [2.24, 2.45) is 5.92 Å². The Bertz CT molecular complexity index is 652. The van der Waals surface area contributed by atoms with E-state index in [1.54, 1.807) is 11.3 Å². The lowest BCUT2D eigenvalue weighted by Crippen LogP contribution is -2.45. The van der Waals surface area contributed by atoms with Gasteiger partial charge < -0.3 is 10.1 Å². The number of carbonyl (C=O) groups excluding carboxylic acids is 2. The normalized spacial score (nSPS) is 12.3. The van der Waals surface area contributed by atoms with Crippen LogP contribution in [0.3, 0.4) is 0 Å². The number of amides is 1. The van der Waals surface area contributed by atoms with Crippen LogP contribution in [0.1, 0.15) is 18.9 Å². The van der Waals surface area contributed by atoms with Crippen molar-refractivity contribution in [3.8, 4) is 0 Å². The van der Waals surface area contributed by atoms with Crippen molar-refractivity contribution in [3.63, 3.8) is 0 Å². The molecule has 1 amide bonds. The van der Waals surface area contributed by atoms with Gasteiger partial charge in [0.2, 0.25) is 5.91 Å². The number of methoxy groups -OCH3 is 1. The van der Waals surface area contributed by atoms with Crippen LogP contribution in [-0.4, -0.2) is 35.8 Å². The van der Waals surface area contributed by atoms with Crippen molar-refractivity contribution in [2.45, 2.75) is 25.6 Å². The molecule has 0 saturated heterocycles. The van der Waals surface area contributed by atoms with Crippen molar-refractivity contribution >= 4 is 45.2 Å². The van der Waals surface area contributed by atoms with E-state index in [2.05, 4.69) is 10.3 Å². The molecular formula is C16H20N2O3S2. The van der Waals surface area contributed by atoms with Crippen molar-refractivity contribution in [1.82, 2.24) is 10.3 Å². The Morgan fingerprint density at radius 2 is 2.09 bits per heavy atom. The fraction of sp³-hybridized carbons (Fsp3) is 0.438. The van der Waals surface area contributed by atoms with Crippen LogP contribution in [0.4, 0.5) is 0 Å². The van der Waals surface area contributed by atoms with Gasteiger partial charge in [-0.05, 0) is 18.1 Å². The molecule has 1 unspecified atom stereocenters. The third-order valence-electron chi connectivity index (χ3n) is 3.24. The average molecular weight is 352 g/mol. The number of hydrogen-bond acceptors (Lipinski definition) is 6. The van der Waals surface area contributed by atoms with Crippen molar-refractivity contribution in [2.75, 3.05) is 12.9 Å². The first-order valence-electron chi connectivity index (χ1n) is 7.30. The number of nitrogens with zero attached hydrogens (tertiary/aromatic N) is 1. The molecule has 124 valence electrons. The number of benzene rings is 1. The van der Waals surface area contributed by atoms with E-state index < -0.39 is 12.0 Å². The zero-order valence-electron chi connectivity index (χ0n) is 13.4. The first kappa shape index (κ1) is 17.7. The summed E-state index contributed by atoms with van der Waals surface area (Å²) in [4.78, 5) is 28.1. The molecule has 0 bridgehead atoms. The summed E-state index contributed by atoms with van der Waals surface area (Å²) in [7, 11) is 1.33. The van der Waals surface area contributed by atoms with E-state index in [1.807, 2.05) is 38.1 Å². The lowest BCUT2D eigenvalue weighted by molar-refractivity contribution is -0.146. The van der Waals surface area contributed by atoms with E-state index >= 15 is 0 Å². The van der Waals surface area contributed by atoms with Gasteiger partial charge in [-0.1, -0.05) is 26.0 Å². The smallest absolute Gasteiger partial charge is 0.328 e. The highest BCUT2D eigenvalue weighted by Gasteiger charge is 2.24. The van der Waals surface area contributed by atoms with Crippen molar-refractivity contribution < 1.29 is 14.3 Å². The lowest BCUT2D eigenvalue weighted by atomic mass is 10.1. The molecule has 2 aromatic rings. The summed E-state index contributed by atoms with van der Waals surface area (Å²) < 4.78 is 5.86. The Morgan fingerprint density at radius 3 is 2.74 bits per heavy atom. The molecule has 0 fully saturated rings. The van der Waals surface area contributed by atoms with Gasteiger partial charge >= 0.3 is 5.97 Å². The Kier molecular flexibility index (Phi) is 6.41. The topological polar surface area (TPSA) is 68.3 Å². The van der Waals surface area contributed by atoms with Crippen LogP contribution in [0.15, 0.2) is 24.3 Å². The van der Waals surface area contributed by atoms with Crippen LogP contribution in [0.2, 0.25) is 0 Å². The summed E-state index contributed by atoms with van der Waals surface area (Å²) in [5, 5.41) is 3.73. The molecule has 0 spiro atoms. The lowest BCUT2D eigenvalue weighted by Gasteiger charge is -2.19. The number of thioether (sulfide) groups is 1. The van der Waals surface area contributed by atoms with Crippen LogP contribution < -0.4 is 5.32 Å². The Hall–Kier alpha value is -1.60. The van der Waals surface area contributed by atoms with E-state index in [9.17, 15) is 9.59 Å². The van der Waals surface area contributed by atoms with E-state index in [1.165, 1.54) is 18.9 Å². The van der Waals surface area contributed by atoms with Crippen LogP contribution in [0, 0.1) is 5.92 Å². The second-order valence-corrected chi connectivity index (χ2v) is 7.48. The first-order valence-corrected chi connectivity index (χ1v) is 9.27. The predicted molar refractivity (Wildman–Crippen MR) is 94.6 cm³/mol. The zero-order valence-corrected chi connectivity index (χ0v) is 15.0. The number of nitrogens with one attached hydrogen (secondary N) is 1. The zero-order chi connectivity index (χ0) is 16.8. The molecule has 0 radical (unpaired) electrons. The number of aromatic nitrogens is 1. The maximum atomic E-state index is 12.0. The molecule has 0 aliphatic rings. The number of esters is 1. The van der Waals surface area contributed by atoms with E-state index in [4.69, 9.17) is 4.74 Å². The van der Waals surface area contributed by atoms with Gasteiger partial charge in [-0.25, -0.2) is 9.78 Å². The van der Waals surface area contributed by atoms with Crippen molar-refractivity contribution in [1.29, 1.82) is 0 Å². The van der Waals surface area contributed by atoms with Crippen LogP contribution >= 0.6 is 23.1 Å². The van der Waals surface area contributed by atoms with Gasteiger partial charge in [-0.2, -0.15) is 0 Å². The molecule has 1 aromatic heterocycles. The van der Waals surface area contributed by atoms with Gasteiger partial charge in [-0.15, -0.1) is 23.1 Å². The summed E-state index contributed by atoms with van der Waals surface area (Å²) in [5.74, 6) is 0.374. The maximum Gasteiger partial charge on any atom is 0.328 e. The van der Waals surface area contributed by atoms with Gasteiger partial charge in [0.1, 0.15) is 11.0 Å². The number of thiazole rings is 1. The molecule has 23 heavy (non-hydrogen) atoms. The second-order valence-electron chi connectivity index (χ2n) is 5.38. The molecule has 0 aliphatic heterocycles. The number of carbonyl (C=O) groups is 2. The SMILES string of the molecule is COC(=O)C(NC(=O)CSCc1nc2ccccc2s1)C(C)C. The summed E-state index contributed by atoms with van der Waals surface area (Å²) in [6, 6.07) is 7.37. The maximum absolute atomic E-state index is 12.0. The quantitative estimate of drug-likeness (QED) is 0.776. The summed E-state index contributed by atoms with van der Waals surface area (Å²) >= 11 is 3.12. The fourth-order valence-corrected chi connectivity index (χ4v) is 3.91. The first-order chi connectivity index (χ1) is 11.0. The summed E-state index contributed by atoms with van der Waals surface area (Å²) in [6.45, 7) is 3.74. The predicted octanol–water partition coefficient (Wildman–Crippen LogP) is 2.84. The number of rotatable bonds is 7. The average Bonchev–Trinajstić information content (AvgIpc) is 2.94. The van der Waals surface area contributed by atoms with Gasteiger partial charge in [0.15, 0.2) is 0 Å². The minimum Gasteiger partial charge on any atom is -0.467 e. The molecule has 0 saturated carbocycles. The van der Waals surface area contributed by atoms with Gasteiger partial charge in [0.25, 0.3) is 0 Å². The highest BCUT2D eigenvalue weighted by Crippen LogP contribution is 2.24. The summed E-state index contributed by atoms with van der Waals surface area (Å²) in [6.07, 6.45) is 0. The van der Waals surface area contributed by atoms with Crippen LogP contribution in [0.25, 0.3) is 10.2 Å². The Labute approximate surface area is 143 Å². The van der Waals surface area contributed by atoms with Crippen LogP contribution in [0.5, 0.6) is 0 Å². The van der Waals surface area contributed by atoms with E-state index in [0.717, 1.165) is 15.2 Å². The number of para-hydroxylation sites is 1. The molecular weight excluding hydrogens is 332 g/mol. The second kappa shape index (κ2) is 8.31. The Morgan fingerprint density at radius 1 is 1.35 bits per heavy atom. The van der Waals surface area contributed by atoms with Gasteiger partial charge in [0, 0.05) is 5.75 Å². The molecule has 1 aromatic carbocycles. The number of fused-ring (bicyclic) bond motifs is 1. The molecule has 5 nitrogen and oxygen atoms in total. The monoisotopic (exact) mass is 352 g/mol. The Balaban J connectivity index is 1.83. The molecule has 1 heterocycles. The largest absolute Gasteiger partial charge is 0.467 e. The third kappa shape index (κ3) is 4.94. The molecule has 1 atom stereocenters. The number of ether oxygens (including phenoxy) is 1. The minimum absolute atomic E-state index is 0.0133. The molecule has 2 rings (SSSR count). The molecule has 1 N–H and O–H groups in total. The van der Waals surface area contributed by atoms with E-state index in [0.29, 0.717) is 5.75 Å². The third-order valence-corrected chi connectivity index (χ3v) is 5.40. The molecule has 7 heteroatoms. The standard InChI is InChI=1S/C16H20N2O3S2/c1-10(2)15(16(20)21-3)18-13(19)8-22-9-14-17-11-6-4-5-7-12(11)23-14/h4-7,10,15H,8-9H2,1-3H3,(H,18,19).